The maximum absolute atomic E-state index is 12.9. The number of likely N-dealkylation sites (tertiary alicyclic amines) is 1. The molecular formula is C19H23NO5. The molecule has 134 valence electrons. The topological polar surface area (TPSA) is 65.1 Å². The van der Waals surface area contributed by atoms with Gasteiger partial charge in [-0.25, -0.2) is 4.79 Å². The standard InChI is InChI=1S/C19H23NO5/c1-11(2)8-14(19(22)24-4)20-10-12-9-13-15(23-3)6-5-7-16(13)25-17(12)18(20)21/h5-7,9,11,14,17H,8,10H2,1-4H3. The van der Waals surface area contributed by atoms with Crippen molar-refractivity contribution in [3.05, 3.63) is 29.3 Å². The van der Waals surface area contributed by atoms with Gasteiger partial charge in [0.1, 0.15) is 17.5 Å². The molecule has 6 heteroatoms. The van der Waals surface area contributed by atoms with E-state index in [0.717, 1.165) is 11.1 Å². The number of hydrogen-bond donors (Lipinski definition) is 0. The Morgan fingerprint density at radius 2 is 2.12 bits per heavy atom. The minimum absolute atomic E-state index is 0.198. The van der Waals surface area contributed by atoms with E-state index in [1.54, 1.807) is 12.0 Å². The molecule has 1 aromatic rings. The van der Waals surface area contributed by atoms with Crippen LogP contribution in [0.25, 0.3) is 6.08 Å². The third-order valence-corrected chi connectivity index (χ3v) is 4.56. The molecule has 1 amide bonds. The van der Waals surface area contributed by atoms with Gasteiger partial charge in [-0.2, -0.15) is 0 Å². The molecule has 2 heterocycles. The molecular weight excluding hydrogens is 322 g/mol. The van der Waals surface area contributed by atoms with Crippen LogP contribution in [0.5, 0.6) is 11.5 Å². The number of benzene rings is 1. The van der Waals surface area contributed by atoms with Gasteiger partial charge < -0.3 is 19.1 Å². The van der Waals surface area contributed by atoms with E-state index in [0.29, 0.717) is 24.5 Å². The van der Waals surface area contributed by atoms with Crippen molar-refractivity contribution >= 4 is 18.0 Å². The molecule has 2 unspecified atom stereocenters. The highest BCUT2D eigenvalue weighted by molar-refractivity contribution is 5.95. The Balaban J connectivity index is 1.92. The fourth-order valence-corrected chi connectivity index (χ4v) is 3.37. The quantitative estimate of drug-likeness (QED) is 0.766. The summed E-state index contributed by atoms with van der Waals surface area (Å²) in [6.07, 6.45) is 1.80. The molecule has 0 bridgehead atoms. The van der Waals surface area contributed by atoms with E-state index in [-0.39, 0.29) is 11.8 Å². The summed E-state index contributed by atoms with van der Waals surface area (Å²) >= 11 is 0. The lowest BCUT2D eigenvalue weighted by Gasteiger charge is -2.26. The van der Waals surface area contributed by atoms with Crippen molar-refractivity contribution in [2.45, 2.75) is 32.4 Å². The predicted octanol–water partition coefficient (Wildman–Crippen LogP) is 2.27. The molecule has 1 fully saturated rings. The van der Waals surface area contributed by atoms with Crippen molar-refractivity contribution in [3.63, 3.8) is 0 Å². The highest BCUT2D eigenvalue weighted by Gasteiger charge is 2.45. The van der Waals surface area contributed by atoms with E-state index in [1.807, 2.05) is 38.1 Å². The monoisotopic (exact) mass is 345 g/mol. The van der Waals surface area contributed by atoms with Crippen LogP contribution in [0.2, 0.25) is 0 Å². The van der Waals surface area contributed by atoms with Gasteiger partial charge in [0.05, 0.1) is 19.8 Å². The molecule has 0 radical (unpaired) electrons. The Morgan fingerprint density at radius 3 is 2.76 bits per heavy atom. The lowest BCUT2D eigenvalue weighted by Crippen LogP contribution is -2.45. The van der Waals surface area contributed by atoms with Crippen LogP contribution in [0, 0.1) is 5.92 Å². The highest BCUT2D eigenvalue weighted by atomic mass is 16.5. The van der Waals surface area contributed by atoms with Gasteiger partial charge in [0.2, 0.25) is 0 Å². The van der Waals surface area contributed by atoms with Gasteiger partial charge in [0, 0.05) is 6.54 Å². The lowest BCUT2D eigenvalue weighted by atomic mass is 10.0. The molecule has 0 N–H and O–H groups in total. The SMILES string of the molecule is COC(=O)C(CC(C)C)N1CC2=Cc3c(OC)cccc3OC2C1=O. The average molecular weight is 345 g/mol. The Bertz CT molecular complexity index is 725. The van der Waals surface area contributed by atoms with Crippen molar-refractivity contribution < 1.29 is 23.8 Å². The smallest absolute Gasteiger partial charge is 0.328 e. The Morgan fingerprint density at radius 1 is 1.36 bits per heavy atom. The van der Waals surface area contributed by atoms with Gasteiger partial charge in [-0.1, -0.05) is 19.9 Å². The number of carbonyl (C=O) groups is 2. The minimum atomic E-state index is -0.682. The fourth-order valence-electron chi connectivity index (χ4n) is 3.37. The first-order chi connectivity index (χ1) is 12.0. The first kappa shape index (κ1) is 17.3. The summed E-state index contributed by atoms with van der Waals surface area (Å²) in [6, 6.07) is 4.89. The van der Waals surface area contributed by atoms with Gasteiger partial charge in [0.15, 0.2) is 6.10 Å². The number of rotatable bonds is 5. The zero-order valence-electron chi connectivity index (χ0n) is 14.9. The summed E-state index contributed by atoms with van der Waals surface area (Å²) in [5, 5.41) is 0. The minimum Gasteiger partial charge on any atom is -0.496 e. The largest absolute Gasteiger partial charge is 0.496 e. The lowest BCUT2D eigenvalue weighted by molar-refractivity contribution is -0.153. The van der Waals surface area contributed by atoms with E-state index < -0.39 is 18.1 Å². The summed E-state index contributed by atoms with van der Waals surface area (Å²) < 4.78 is 16.2. The third-order valence-electron chi connectivity index (χ3n) is 4.56. The molecule has 6 nitrogen and oxygen atoms in total. The summed E-state index contributed by atoms with van der Waals surface area (Å²) in [7, 11) is 2.95. The molecule has 0 saturated carbocycles. The zero-order chi connectivity index (χ0) is 18.1. The number of ether oxygens (including phenoxy) is 3. The summed E-state index contributed by atoms with van der Waals surface area (Å²) in [5.74, 6) is 0.974. The van der Waals surface area contributed by atoms with E-state index in [4.69, 9.17) is 14.2 Å². The second kappa shape index (κ2) is 6.78. The highest BCUT2D eigenvalue weighted by Crippen LogP contribution is 2.39. The normalized spacial score (nSPS) is 19.7. The fraction of sp³-hybridized carbons (Fsp3) is 0.474. The third kappa shape index (κ3) is 3.08. The van der Waals surface area contributed by atoms with Crippen LogP contribution in [-0.2, 0) is 14.3 Å². The van der Waals surface area contributed by atoms with Crippen LogP contribution in [0.3, 0.4) is 0 Å². The molecule has 2 aliphatic rings. The van der Waals surface area contributed by atoms with E-state index in [1.165, 1.54) is 7.11 Å². The maximum atomic E-state index is 12.9. The van der Waals surface area contributed by atoms with Gasteiger partial charge in [-0.3, -0.25) is 4.79 Å². The number of fused-ring (bicyclic) bond motifs is 2. The zero-order valence-corrected chi connectivity index (χ0v) is 14.9. The Labute approximate surface area is 147 Å². The van der Waals surface area contributed by atoms with Gasteiger partial charge in [0.25, 0.3) is 5.91 Å². The molecule has 1 saturated heterocycles. The number of nitrogens with zero attached hydrogens (tertiary/aromatic N) is 1. The average Bonchev–Trinajstić information content (AvgIpc) is 2.92. The van der Waals surface area contributed by atoms with E-state index in [2.05, 4.69) is 0 Å². The first-order valence-corrected chi connectivity index (χ1v) is 8.38. The Hall–Kier alpha value is -2.50. The van der Waals surface area contributed by atoms with Crippen molar-refractivity contribution in [2.24, 2.45) is 5.92 Å². The second-order valence-corrected chi connectivity index (χ2v) is 6.72. The summed E-state index contributed by atoms with van der Waals surface area (Å²) in [6.45, 7) is 4.38. The molecule has 3 rings (SSSR count). The summed E-state index contributed by atoms with van der Waals surface area (Å²) in [5.41, 5.74) is 1.66. The van der Waals surface area contributed by atoms with Gasteiger partial charge in [-0.05, 0) is 36.1 Å². The molecule has 0 aromatic heterocycles. The molecule has 2 atom stereocenters. The van der Waals surface area contributed by atoms with Crippen molar-refractivity contribution in [1.82, 2.24) is 4.90 Å². The summed E-state index contributed by atoms with van der Waals surface area (Å²) in [4.78, 5) is 26.6. The van der Waals surface area contributed by atoms with Crippen LogP contribution in [0.4, 0.5) is 0 Å². The first-order valence-electron chi connectivity index (χ1n) is 8.38. The van der Waals surface area contributed by atoms with Crippen LogP contribution < -0.4 is 9.47 Å². The Kier molecular flexibility index (Phi) is 4.70. The van der Waals surface area contributed by atoms with Crippen molar-refractivity contribution in [3.8, 4) is 11.5 Å². The number of hydrogen-bond acceptors (Lipinski definition) is 5. The maximum Gasteiger partial charge on any atom is 0.328 e. The van der Waals surface area contributed by atoms with Crippen LogP contribution in [0.15, 0.2) is 23.8 Å². The second-order valence-electron chi connectivity index (χ2n) is 6.72. The number of methoxy groups -OCH3 is 2. The van der Waals surface area contributed by atoms with Gasteiger partial charge in [-0.15, -0.1) is 0 Å². The van der Waals surface area contributed by atoms with Crippen LogP contribution in [0.1, 0.15) is 25.8 Å². The number of esters is 1. The van der Waals surface area contributed by atoms with Gasteiger partial charge >= 0.3 is 5.97 Å². The molecule has 0 spiro atoms. The molecule has 0 aliphatic carbocycles. The van der Waals surface area contributed by atoms with Crippen LogP contribution >= 0.6 is 0 Å². The number of amides is 1. The molecule has 2 aliphatic heterocycles. The van der Waals surface area contributed by atoms with E-state index in [9.17, 15) is 9.59 Å². The van der Waals surface area contributed by atoms with Crippen LogP contribution in [-0.4, -0.2) is 49.7 Å². The van der Waals surface area contributed by atoms with Crippen molar-refractivity contribution in [1.29, 1.82) is 0 Å². The van der Waals surface area contributed by atoms with E-state index >= 15 is 0 Å². The number of carbonyl (C=O) groups excluding carboxylic acids is 2. The molecule has 1 aromatic carbocycles. The molecule has 25 heavy (non-hydrogen) atoms. The predicted molar refractivity (Wildman–Crippen MR) is 92.4 cm³/mol. The van der Waals surface area contributed by atoms with Crippen molar-refractivity contribution in [2.75, 3.05) is 20.8 Å².